The standard InChI is InChI=1S/C17H31NO2/c19-14-17(11-7-4-8-12-17)13-18-16(20)15-9-5-2-1-3-6-10-15/h15,19H,1-14H2,(H,18,20). The second-order valence-corrected chi connectivity index (χ2v) is 6.98. The van der Waals surface area contributed by atoms with Crippen LogP contribution in [-0.2, 0) is 4.79 Å². The third kappa shape index (κ3) is 4.47. The van der Waals surface area contributed by atoms with E-state index >= 15 is 0 Å². The Labute approximate surface area is 123 Å². The molecule has 0 radical (unpaired) electrons. The van der Waals surface area contributed by atoms with Gasteiger partial charge in [-0.15, -0.1) is 0 Å². The summed E-state index contributed by atoms with van der Waals surface area (Å²) < 4.78 is 0. The van der Waals surface area contributed by atoms with E-state index in [4.69, 9.17) is 0 Å². The molecule has 2 rings (SSSR count). The monoisotopic (exact) mass is 281 g/mol. The quantitative estimate of drug-likeness (QED) is 0.829. The molecule has 3 nitrogen and oxygen atoms in total. The lowest BCUT2D eigenvalue weighted by Crippen LogP contribution is -2.43. The molecule has 0 bridgehead atoms. The molecule has 2 aliphatic rings. The minimum atomic E-state index is -0.0322. The molecular formula is C17H31NO2. The Kier molecular flexibility index (Phi) is 6.34. The van der Waals surface area contributed by atoms with Gasteiger partial charge in [-0.05, 0) is 25.7 Å². The number of nitrogens with one attached hydrogen (secondary N) is 1. The first-order valence-electron chi connectivity index (χ1n) is 8.64. The van der Waals surface area contributed by atoms with Crippen molar-refractivity contribution in [3.63, 3.8) is 0 Å². The van der Waals surface area contributed by atoms with E-state index in [1.54, 1.807) is 0 Å². The molecule has 1 amide bonds. The number of rotatable bonds is 4. The molecule has 2 saturated carbocycles. The summed E-state index contributed by atoms with van der Waals surface area (Å²) in [5, 5.41) is 12.9. The predicted octanol–water partition coefficient (Wildman–Crippen LogP) is 3.41. The zero-order valence-electron chi connectivity index (χ0n) is 12.8. The van der Waals surface area contributed by atoms with Gasteiger partial charge in [-0.3, -0.25) is 4.79 Å². The lowest BCUT2D eigenvalue weighted by molar-refractivity contribution is -0.126. The maximum absolute atomic E-state index is 12.4. The van der Waals surface area contributed by atoms with Crippen molar-refractivity contribution in [2.75, 3.05) is 13.2 Å². The Hall–Kier alpha value is -0.570. The van der Waals surface area contributed by atoms with E-state index in [9.17, 15) is 9.90 Å². The molecule has 0 aromatic rings. The van der Waals surface area contributed by atoms with Crippen LogP contribution in [0.5, 0.6) is 0 Å². The minimum Gasteiger partial charge on any atom is -0.396 e. The van der Waals surface area contributed by atoms with Gasteiger partial charge in [0.25, 0.3) is 0 Å². The van der Waals surface area contributed by atoms with Gasteiger partial charge >= 0.3 is 0 Å². The molecule has 0 unspecified atom stereocenters. The van der Waals surface area contributed by atoms with Crippen LogP contribution in [0.2, 0.25) is 0 Å². The summed E-state index contributed by atoms with van der Waals surface area (Å²) >= 11 is 0. The lowest BCUT2D eigenvalue weighted by Gasteiger charge is -2.36. The van der Waals surface area contributed by atoms with Crippen molar-refractivity contribution >= 4 is 5.91 Å². The first-order chi connectivity index (χ1) is 9.76. The van der Waals surface area contributed by atoms with Crippen LogP contribution in [0.4, 0.5) is 0 Å². The number of carbonyl (C=O) groups is 1. The number of hydrogen-bond acceptors (Lipinski definition) is 2. The maximum atomic E-state index is 12.4. The average molecular weight is 281 g/mol. The number of aliphatic hydroxyl groups excluding tert-OH is 1. The van der Waals surface area contributed by atoms with Crippen molar-refractivity contribution in [1.29, 1.82) is 0 Å². The number of aliphatic hydroxyl groups is 1. The Morgan fingerprint density at radius 1 is 0.950 bits per heavy atom. The summed E-state index contributed by atoms with van der Waals surface area (Å²) in [7, 11) is 0. The van der Waals surface area contributed by atoms with Gasteiger partial charge in [0.2, 0.25) is 5.91 Å². The van der Waals surface area contributed by atoms with Gasteiger partial charge in [0.15, 0.2) is 0 Å². The highest BCUT2D eigenvalue weighted by molar-refractivity contribution is 5.78. The summed E-state index contributed by atoms with van der Waals surface area (Å²) in [6.07, 6.45) is 14.2. The topological polar surface area (TPSA) is 49.3 Å². The van der Waals surface area contributed by atoms with Gasteiger partial charge < -0.3 is 10.4 Å². The van der Waals surface area contributed by atoms with E-state index in [1.807, 2.05) is 0 Å². The molecule has 3 heteroatoms. The van der Waals surface area contributed by atoms with E-state index < -0.39 is 0 Å². The second kappa shape index (κ2) is 8.02. The maximum Gasteiger partial charge on any atom is 0.223 e. The van der Waals surface area contributed by atoms with E-state index in [-0.39, 0.29) is 23.8 Å². The molecule has 116 valence electrons. The smallest absolute Gasteiger partial charge is 0.223 e. The highest BCUT2D eigenvalue weighted by Crippen LogP contribution is 2.35. The summed E-state index contributed by atoms with van der Waals surface area (Å²) in [5.74, 6) is 0.458. The molecule has 0 aromatic carbocycles. The normalized spacial score (nSPS) is 24.6. The fourth-order valence-electron chi connectivity index (χ4n) is 3.83. The van der Waals surface area contributed by atoms with Gasteiger partial charge in [0.1, 0.15) is 0 Å². The van der Waals surface area contributed by atoms with Crippen molar-refractivity contribution in [3.8, 4) is 0 Å². The van der Waals surface area contributed by atoms with E-state index in [0.29, 0.717) is 6.54 Å². The Bertz CT molecular complexity index is 289. The Balaban J connectivity index is 1.80. The van der Waals surface area contributed by atoms with Crippen LogP contribution in [-0.4, -0.2) is 24.2 Å². The third-order valence-electron chi connectivity index (χ3n) is 5.36. The molecule has 0 heterocycles. The van der Waals surface area contributed by atoms with Crippen LogP contribution in [0.15, 0.2) is 0 Å². The molecule has 0 atom stereocenters. The first kappa shape index (κ1) is 15.8. The highest BCUT2D eigenvalue weighted by atomic mass is 16.3. The predicted molar refractivity (Wildman–Crippen MR) is 81.4 cm³/mol. The SMILES string of the molecule is O=C(NCC1(CO)CCCCC1)C1CCCCCCC1. The molecule has 2 N–H and O–H groups in total. The third-order valence-corrected chi connectivity index (χ3v) is 5.36. The number of carbonyl (C=O) groups excluding carboxylic acids is 1. The fraction of sp³-hybridized carbons (Fsp3) is 0.941. The minimum absolute atomic E-state index is 0.0322. The van der Waals surface area contributed by atoms with Crippen molar-refractivity contribution in [2.45, 2.75) is 77.0 Å². The summed E-state index contributed by atoms with van der Waals surface area (Å²) in [6, 6.07) is 0. The lowest BCUT2D eigenvalue weighted by atomic mass is 9.74. The molecule has 0 saturated heterocycles. The van der Waals surface area contributed by atoms with Gasteiger partial charge in [-0.1, -0.05) is 51.4 Å². The molecular weight excluding hydrogens is 250 g/mol. The van der Waals surface area contributed by atoms with Crippen molar-refractivity contribution in [3.05, 3.63) is 0 Å². The summed E-state index contributed by atoms with van der Waals surface area (Å²) in [4.78, 5) is 12.4. The van der Waals surface area contributed by atoms with Crippen molar-refractivity contribution < 1.29 is 9.90 Å². The van der Waals surface area contributed by atoms with E-state index in [0.717, 1.165) is 25.7 Å². The van der Waals surface area contributed by atoms with Gasteiger partial charge in [-0.25, -0.2) is 0 Å². The Morgan fingerprint density at radius 3 is 2.10 bits per heavy atom. The zero-order valence-corrected chi connectivity index (χ0v) is 12.8. The number of amides is 1. The molecule has 0 spiro atoms. The average Bonchev–Trinajstić information content (AvgIpc) is 2.45. The molecule has 2 fully saturated rings. The molecule has 0 aromatic heterocycles. The summed E-state index contributed by atoms with van der Waals surface area (Å²) in [6.45, 7) is 0.900. The highest BCUT2D eigenvalue weighted by Gasteiger charge is 2.32. The molecule has 20 heavy (non-hydrogen) atoms. The fourth-order valence-corrected chi connectivity index (χ4v) is 3.83. The Morgan fingerprint density at radius 2 is 1.50 bits per heavy atom. The second-order valence-electron chi connectivity index (χ2n) is 6.98. The molecule has 0 aliphatic heterocycles. The van der Waals surface area contributed by atoms with Crippen LogP contribution in [0.25, 0.3) is 0 Å². The zero-order chi connectivity index (χ0) is 14.3. The van der Waals surface area contributed by atoms with Crippen molar-refractivity contribution in [2.24, 2.45) is 11.3 Å². The summed E-state index contributed by atoms with van der Waals surface area (Å²) in [5.41, 5.74) is -0.0322. The van der Waals surface area contributed by atoms with Gasteiger partial charge in [0.05, 0.1) is 6.61 Å². The first-order valence-corrected chi connectivity index (χ1v) is 8.64. The van der Waals surface area contributed by atoms with E-state index in [1.165, 1.54) is 51.4 Å². The van der Waals surface area contributed by atoms with Gasteiger partial charge in [0, 0.05) is 17.9 Å². The van der Waals surface area contributed by atoms with E-state index in [2.05, 4.69) is 5.32 Å². The largest absolute Gasteiger partial charge is 0.396 e. The van der Waals surface area contributed by atoms with Gasteiger partial charge in [-0.2, -0.15) is 0 Å². The van der Waals surface area contributed by atoms with Crippen LogP contribution >= 0.6 is 0 Å². The van der Waals surface area contributed by atoms with Crippen LogP contribution in [0.3, 0.4) is 0 Å². The molecule has 2 aliphatic carbocycles. The van der Waals surface area contributed by atoms with Crippen LogP contribution in [0, 0.1) is 11.3 Å². The number of hydrogen-bond donors (Lipinski definition) is 2. The van der Waals surface area contributed by atoms with Crippen LogP contribution < -0.4 is 5.32 Å². The van der Waals surface area contributed by atoms with Crippen molar-refractivity contribution in [1.82, 2.24) is 5.32 Å². The van der Waals surface area contributed by atoms with Crippen LogP contribution in [0.1, 0.15) is 77.0 Å².